The SMILES string of the molecule is CC[C@@H](Oc1ccccc1C)C(=O)Nc1cc(C(F)(F)F)ccc1Cl. The van der Waals surface area contributed by atoms with Crippen molar-refractivity contribution in [3.05, 3.63) is 58.6 Å². The molecule has 0 bridgehead atoms. The Labute approximate surface area is 148 Å². The van der Waals surface area contributed by atoms with Crippen LogP contribution in [0.25, 0.3) is 0 Å². The molecule has 0 aliphatic heterocycles. The molecule has 2 aromatic rings. The van der Waals surface area contributed by atoms with Crippen LogP contribution in [0.2, 0.25) is 5.02 Å². The van der Waals surface area contributed by atoms with Gasteiger partial charge < -0.3 is 10.1 Å². The maximum atomic E-state index is 12.8. The minimum atomic E-state index is -4.52. The molecule has 7 heteroatoms. The number of rotatable bonds is 5. The number of amides is 1. The van der Waals surface area contributed by atoms with E-state index in [2.05, 4.69) is 5.32 Å². The number of nitrogens with one attached hydrogen (secondary N) is 1. The lowest BCUT2D eigenvalue weighted by molar-refractivity contribution is -0.137. The number of carbonyl (C=O) groups excluding carboxylic acids is 1. The molecule has 1 N–H and O–H groups in total. The molecule has 0 spiro atoms. The molecule has 0 heterocycles. The van der Waals surface area contributed by atoms with E-state index in [1.165, 1.54) is 0 Å². The zero-order chi connectivity index (χ0) is 18.6. The number of carbonyl (C=O) groups is 1. The Hall–Kier alpha value is -2.21. The topological polar surface area (TPSA) is 38.3 Å². The Morgan fingerprint density at radius 1 is 1.24 bits per heavy atom. The summed E-state index contributed by atoms with van der Waals surface area (Å²) in [5.74, 6) is -0.0217. The molecular formula is C18H17ClF3NO2. The molecule has 2 aromatic carbocycles. The Morgan fingerprint density at radius 3 is 2.52 bits per heavy atom. The van der Waals surface area contributed by atoms with Crippen LogP contribution in [0.3, 0.4) is 0 Å². The van der Waals surface area contributed by atoms with Crippen LogP contribution >= 0.6 is 11.6 Å². The Kier molecular flexibility index (Phi) is 5.95. The predicted molar refractivity (Wildman–Crippen MR) is 91.0 cm³/mol. The van der Waals surface area contributed by atoms with Gasteiger partial charge in [-0.25, -0.2) is 0 Å². The van der Waals surface area contributed by atoms with Crippen molar-refractivity contribution in [2.75, 3.05) is 5.32 Å². The molecule has 0 saturated carbocycles. The van der Waals surface area contributed by atoms with E-state index < -0.39 is 23.8 Å². The molecule has 0 unspecified atom stereocenters. The summed E-state index contributed by atoms with van der Waals surface area (Å²) in [5, 5.41) is 2.44. The largest absolute Gasteiger partial charge is 0.480 e. The smallest absolute Gasteiger partial charge is 0.416 e. The first-order chi connectivity index (χ1) is 11.7. The maximum absolute atomic E-state index is 12.8. The summed E-state index contributed by atoms with van der Waals surface area (Å²) >= 11 is 5.90. The Morgan fingerprint density at radius 2 is 1.92 bits per heavy atom. The van der Waals surface area contributed by atoms with Gasteiger partial charge >= 0.3 is 6.18 Å². The van der Waals surface area contributed by atoms with Crippen LogP contribution in [-0.4, -0.2) is 12.0 Å². The van der Waals surface area contributed by atoms with E-state index in [-0.39, 0.29) is 10.7 Å². The fourth-order valence-corrected chi connectivity index (χ4v) is 2.34. The first-order valence-electron chi connectivity index (χ1n) is 7.62. The molecule has 2 rings (SSSR count). The third-order valence-corrected chi connectivity index (χ3v) is 3.91. The first kappa shape index (κ1) is 19.1. The lowest BCUT2D eigenvalue weighted by atomic mass is 10.1. The van der Waals surface area contributed by atoms with E-state index >= 15 is 0 Å². The number of hydrogen-bond acceptors (Lipinski definition) is 2. The van der Waals surface area contributed by atoms with E-state index in [1.807, 2.05) is 19.1 Å². The molecule has 0 fully saturated rings. The molecule has 1 atom stereocenters. The molecule has 0 radical (unpaired) electrons. The molecule has 0 aliphatic rings. The highest BCUT2D eigenvalue weighted by molar-refractivity contribution is 6.33. The number of halogens is 4. The number of aryl methyl sites for hydroxylation is 1. The number of ether oxygens (including phenoxy) is 1. The summed E-state index contributed by atoms with van der Waals surface area (Å²) in [4.78, 5) is 12.4. The summed E-state index contributed by atoms with van der Waals surface area (Å²) in [6.45, 7) is 3.58. The van der Waals surface area contributed by atoms with Crippen LogP contribution < -0.4 is 10.1 Å². The molecule has 134 valence electrons. The fraction of sp³-hybridized carbons (Fsp3) is 0.278. The van der Waals surface area contributed by atoms with Gasteiger partial charge in [-0.3, -0.25) is 4.79 Å². The van der Waals surface area contributed by atoms with Gasteiger partial charge in [-0.1, -0.05) is 36.7 Å². The fourth-order valence-electron chi connectivity index (χ4n) is 2.17. The monoisotopic (exact) mass is 371 g/mol. The van der Waals surface area contributed by atoms with E-state index in [9.17, 15) is 18.0 Å². The lowest BCUT2D eigenvalue weighted by Crippen LogP contribution is -2.32. The first-order valence-corrected chi connectivity index (χ1v) is 8.00. The van der Waals surface area contributed by atoms with Crippen LogP contribution in [0.5, 0.6) is 5.75 Å². The maximum Gasteiger partial charge on any atom is 0.416 e. The van der Waals surface area contributed by atoms with Gasteiger partial charge in [0, 0.05) is 0 Å². The van der Waals surface area contributed by atoms with Crippen molar-refractivity contribution in [1.82, 2.24) is 0 Å². The van der Waals surface area contributed by atoms with Gasteiger partial charge in [-0.2, -0.15) is 13.2 Å². The predicted octanol–water partition coefficient (Wildman–Crippen LogP) is 5.46. The standard InChI is InChI=1S/C18H17ClF3NO2/c1-3-15(25-16-7-5-4-6-11(16)2)17(24)23-14-10-12(18(20,21)22)8-9-13(14)19/h4-10,15H,3H2,1-2H3,(H,23,24)/t15-/m1/s1. The van der Waals surface area contributed by atoms with Gasteiger partial charge in [0.15, 0.2) is 6.10 Å². The third-order valence-electron chi connectivity index (χ3n) is 3.58. The van der Waals surface area contributed by atoms with Crippen molar-refractivity contribution in [2.24, 2.45) is 0 Å². The van der Waals surface area contributed by atoms with Crippen molar-refractivity contribution >= 4 is 23.2 Å². The van der Waals surface area contributed by atoms with E-state index in [1.54, 1.807) is 19.1 Å². The quantitative estimate of drug-likeness (QED) is 0.757. The van der Waals surface area contributed by atoms with E-state index in [0.717, 1.165) is 23.8 Å². The second kappa shape index (κ2) is 7.78. The van der Waals surface area contributed by atoms with E-state index in [0.29, 0.717) is 12.2 Å². The summed E-state index contributed by atoms with van der Waals surface area (Å²) in [5.41, 5.74) is -0.140. The Bertz CT molecular complexity index is 762. The molecule has 0 saturated heterocycles. The summed E-state index contributed by atoms with van der Waals surface area (Å²) < 4.78 is 44.1. The molecule has 3 nitrogen and oxygen atoms in total. The van der Waals surface area contributed by atoms with Gasteiger partial charge in [0.2, 0.25) is 0 Å². The van der Waals surface area contributed by atoms with Crippen molar-refractivity contribution in [3.63, 3.8) is 0 Å². The highest BCUT2D eigenvalue weighted by Gasteiger charge is 2.31. The highest BCUT2D eigenvalue weighted by atomic mass is 35.5. The van der Waals surface area contributed by atoms with Crippen molar-refractivity contribution in [1.29, 1.82) is 0 Å². The van der Waals surface area contributed by atoms with Crippen molar-refractivity contribution in [2.45, 2.75) is 32.5 Å². The minimum absolute atomic E-state index is 0.0205. The van der Waals surface area contributed by atoms with Crippen molar-refractivity contribution in [3.8, 4) is 5.75 Å². The summed E-state index contributed by atoms with van der Waals surface area (Å²) in [6, 6.07) is 9.94. The second-order valence-electron chi connectivity index (χ2n) is 5.46. The Balaban J connectivity index is 2.18. The number of benzene rings is 2. The minimum Gasteiger partial charge on any atom is -0.480 e. The van der Waals surface area contributed by atoms with Crippen LogP contribution in [0.4, 0.5) is 18.9 Å². The average molecular weight is 372 g/mol. The second-order valence-corrected chi connectivity index (χ2v) is 5.87. The van der Waals surface area contributed by atoms with Crippen LogP contribution in [-0.2, 0) is 11.0 Å². The zero-order valence-corrected chi connectivity index (χ0v) is 14.4. The van der Waals surface area contributed by atoms with E-state index in [4.69, 9.17) is 16.3 Å². The van der Waals surface area contributed by atoms with Crippen molar-refractivity contribution < 1.29 is 22.7 Å². The average Bonchev–Trinajstić information content (AvgIpc) is 2.55. The molecular weight excluding hydrogens is 355 g/mol. The molecule has 1 amide bonds. The van der Waals surface area contributed by atoms with Crippen LogP contribution in [0.15, 0.2) is 42.5 Å². The summed E-state index contributed by atoms with van der Waals surface area (Å²) in [7, 11) is 0. The van der Waals surface area contributed by atoms with Gasteiger partial charge in [0.25, 0.3) is 5.91 Å². The molecule has 25 heavy (non-hydrogen) atoms. The van der Waals surface area contributed by atoms with Gasteiger partial charge in [-0.05, 0) is 43.2 Å². The summed E-state index contributed by atoms with van der Waals surface area (Å²) in [6.07, 6.45) is -5.03. The number of anilines is 1. The zero-order valence-electron chi connectivity index (χ0n) is 13.7. The highest BCUT2D eigenvalue weighted by Crippen LogP contribution is 2.34. The van der Waals surface area contributed by atoms with Gasteiger partial charge in [0.05, 0.1) is 16.3 Å². The third kappa shape index (κ3) is 4.89. The normalized spacial score (nSPS) is 12.6. The van der Waals surface area contributed by atoms with Gasteiger partial charge in [0.1, 0.15) is 5.75 Å². The number of para-hydroxylation sites is 1. The van der Waals surface area contributed by atoms with Gasteiger partial charge in [-0.15, -0.1) is 0 Å². The number of alkyl halides is 3. The van der Waals surface area contributed by atoms with Crippen LogP contribution in [0, 0.1) is 6.92 Å². The lowest BCUT2D eigenvalue weighted by Gasteiger charge is -2.19. The molecule has 0 aromatic heterocycles. The molecule has 0 aliphatic carbocycles. The number of hydrogen-bond donors (Lipinski definition) is 1. The van der Waals surface area contributed by atoms with Crippen LogP contribution in [0.1, 0.15) is 24.5 Å².